The van der Waals surface area contributed by atoms with Crippen molar-refractivity contribution >= 4 is 17.5 Å². The van der Waals surface area contributed by atoms with Crippen molar-refractivity contribution in [2.75, 3.05) is 13.1 Å². The summed E-state index contributed by atoms with van der Waals surface area (Å²) in [6.07, 6.45) is 1.65. The first kappa shape index (κ1) is 10.2. The predicted molar refractivity (Wildman–Crippen MR) is 47.4 cm³/mol. The third kappa shape index (κ3) is 4.62. The van der Waals surface area contributed by atoms with E-state index in [4.69, 9.17) is 11.6 Å². The number of nitrogens with zero attached hydrogens (tertiary/aromatic N) is 1. The number of halogens is 1. The zero-order chi connectivity index (χ0) is 8.85. The Hall–Kier alpha value is -0.760. The average molecular weight is 174 g/mol. The second-order valence-electron chi connectivity index (χ2n) is 2.21. The van der Waals surface area contributed by atoms with Crippen LogP contribution in [0.25, 0.3) is 0 Å². The first-order valence-corrected chi connectivity index (χ1v) is 3.65. The van der Waals surface area contributed by atoms with Crippen molar-refractivity contribution in [2.24, 2.45) is 0 Å². The minimum atomic E-state index is -0.0216. The Morgan fingerprint density at radius 3 is 2.55 bits per heavy atom. The van der Waals surface area contributed by atoms with E-state index in [2.05, 4.69) is 13.2 Å². The van der Waals surface area contributed by atoms with Crippen molar-refractivity contribution in [1.82, 2.24) is 4.90 Å². The Morgan fingerprint density at radius 1 is 1.73 bits per heavy atom. The molecule has 0 radical (unpaired) electrons. The summed E-state index contributed by atoms with van der Waals surface area (Å²) < 4.78 is 0. The molecule has 0 atom stereocenters. The van der Waals surface area contributed by atoms with Crippen molar-refractivity contribution in [3.05, 3.63) is 24.3 Å². The van der Waals surface area contributed by atoms with E-state index >= 15 is 0 Å². The fraction of sp³-hybridized carbons (Fsp3) is 0.375. The van der Waals surface area contributed by atoms with Crippen LogP contribution in [0.3, 0.4) is 0 Å². The summed E-state index contributed by atoms with van der Waals surface area (Å²) >= 11 is 5.53. The fourth-order valence-electron chi connectivity index (χ4n) is 0.667. The second kappa shape index (κ2) is 4.97. The lowest BCUT2D eigenvalue weighted by atomic mass is 10.4. The van der Waals surface area contributed by atoms with E-state index in [1.54, 1.807) is 11.0 Å². The Balaban J connectivity index is 3.99. The van der Waals surface area contributed by atoms with Crippen LogP contribution in [0.5, 0.6) is 0 Å². The summed E-state index contributed by atoms with van der Waals surface area (Å²) in [5.41, 5.74) is 0. The molecule has 0 aromatic carbocycles. The van der Waals surface area contributed by atoms with Gasteiger partial charge in [-0.3, -0.25) is 4.79 Å². The highest BCUT2D eigenvalue weighted by molar-refractivity contribution is 6.29. The topological polar surface area (TPSA) is 20.3 Å². The van der Waals surface area contributed by atoms with Crippen LogP contribution in [0.2, 0.25) is 0 Å². The Labute approximate surface area is 72.1 Å². The summed E-state index contributed by atoms with van der Waals surface area (Å²) in [4.78, 5) is 12.4. The van der Waals surface area contributed by atoms with E-state index in [1.165, 1.54) is 6.92 Å². The number of carbonyl (C=O) groups excluding carboxylic acids is 1. The Morgan fingerprint density at radius 2 is 2.27 bits per heavy atom. The van der Waals surface area contributed by atoms with Crippen LogP contribution in [-0.2, 0) is 4.79 Å². The van der Waals surface area contributed by atoms with Gasteiger partial charge in [0, 0.05) is 18.5 Å². The van der Waals surface area contributed by atoms with Crippen LogP contribution in [0.1, 0.15) is 6.92 Å². The van der Waals surface area contributed by atoms with E-state index in [-0.39, 0.29) is 5.91 Å². The predicted octanol–water partition coefficient (Wildman–Crippen LogP) is 1.77. The van der Waals surface area contributed by atoms with Crippen LogP contribution in [0, 0.1) is 0 Å². The van der Waals surface area contributed by atoms with Crippen LogP contribution in [-0.4, -0.2) is 23.9 Å². The Kier molecular flexibility index (Phi) is 4.62. The van der Waals surface area contributed by atoms with Gasteiger partial charge in [-0.1, -0.05) is 24.3 Å². The fourth-order valence-corrected chi connectivity index (χ4v) is 0.812. The molecule has 0 bridgehead atoms. The minimum Gasteiger partial charge on any atom is -0.334 e. The van der Waals surface area contributed by atoms with Crippen LogP contribution in [0.15, 0.2) is 24.3 Å². The van der Waals surface area contributed by atoms with Gasteiger partial charge in [0.1, 0.15) is 0 Å². The molecular weight excluding hydrogens is 162 g/mol. The maximum atomic E-state index is 10.8. The minimum absolute atomic E-state index is 0.0216. The standard InChI is InChI=1S/C8H12ClNO/c1-4-5-10(8(3)11)6-7(2)9/h4H,1-2,5-6H2,3H3. The van der Waals surface area contributed by atoms with Crippen LogP contribution >= 0.6 is 11.6 Å². The molecule has 0 heterocycles. The van der Waals surface area contributed by atoms with E-state index in [1.807, 2.05) is 0 Å². The van der Waals surface area contributed by atoms with Gasteiger partial charge in [-0.25, -0.2) is 0 Å². The van der Waals surface area contributed by atoms with Crippen molar-refractivity contribution < 1.29 is 4.79 Å². The highest BCUT2D eigenvalue weighted by Crippen LogP contribution is 2.01. The monoisotopic (exact) mass is 173 g/mol. The largest absolute Gasteiger partial charge is 0.334 e. The number of amides is 1. The van der Waals surface area contributed by atoms with Gasteiger partial charge in [-0.15, -0.1) is 6.58 Å². The molecule has 0 unspecified atom stereocenters. The molecule has 0 spiro atoms. The van der Waals surface area contributed by atoms with Gasteiger partial charge in [0.25, 0.3) is 0 Å². The third-order valence-corrected chi connectivity index (χ3v) is 1.28. The lowest BCUT2D eigenvalue weighted by Crippen LogP contribution is -2.29. The summed E-state index contributed by atoms with van der Waals surface area (Å²) in [5.74, 6) is -0.0216. The summed E-state index contributed by atoms with van der Waals surface area (Å²) in [6, 6.07) is 0. The molecule has 0 aliphatic rings. The van der Waals surface area contributed by atoms with E-state index in [0.717, 1.165) is 0 Å². The van der Waals surface area contributed by atoms with E-state index < -0.39 is 0 Å². The molecule has 0 saturated carbocycles. The molecular formula is C8H12ClNO. The summed E-state index contributed by atoms with van der Waals surface area (Å²) in [6.45, 7) is 9.42. The first-order chi connectivity index (χ1) is 5.07. The Bertz CT molecular complexity index is 177. The zero-order valence-corrected chi connectivity index (χ0v) is 7.40. The number of rotatable bonds is 4. The van der Waals surface area contributed by atoms with Gasteiger partial charge in [0.05, 0.1) is 6.54 Å². The van der Waals surface area contributed by atoms with Crippen molar-refractivity contribution in [2.45, 2.75) is 6.92 Å². The molecule has 1 amide bonds. The zero-order valence-electron chi connectivity index (χ0n) is 6.64. The van der Waals surface area contributed by atoms with Crippen molar-refractivity contribution in [3.8, 4) is 0 Å². The van der Waals surface area contributed by atoms with Crippen LogP contribution in [0.4, 0.5) is 0 Å². The smallest absolute Gasteiger partial charge is 0.220 e. The van der Waals surface area contributed by atoms with Crippen LogP contribution < -0.4 is 0 Å². The lowest BCUT2D eigenvalue weighted by Gasteiger charge is -2.17. The molecule has 0 aromatic heterocycles. The van der Waals surface area contributed by atoms with Gasteiger partial charge in [0.15, 0.2) is 0 Å². The van der Waals surface area contributed by atoms with E-state index in [0.29, 0.717) is 18.1 Å². The SMILES string of the molecule is C=CCN(CC(=C)Cl)C(C)=O. The van der Waals surface area contributed by atoms with Gasteiger partial charge >= 0.3 is 0 Å². The van der Waals surface area contributed by atoms with E-state index in [9.17, 15) is 4.79 Å². The average Bonchev–Trinajstić information content (AvgIpc) is 1.86. The third-order valence-electron chi connectivity index (χ3n) is 1.16. The maximum Gasteiger partial charge on any atom is 0.220 e. The molecule has 0 rings (SSSR count). The highest BCUT2D eigenvalue weighted by Gasteiger charge is 2.05. The van der Waals surface area contributed by atoms with Gasteiger partial charge in [0.2, 0.25) is 5.91 Å². The number of hydrogen-bond donors (Lipinski definition) is 0. The molecule has 0 saturated heterocycles. The highest BCUT2D eigenvalue weighted by atomic mass is 35.5. The molecule has 62 valence electrons. The molecule has 0 fully saturated rings. The normalized spacial score (nSPS) is 8.91. The summed E-state index contributed by atoms with van der Waals surface area (Å²) in [5, 5.41) is 0.460. The molecule has 0 aliphatic heterocycles. The number of carbonyl (C=O) groups is 1. The molecule has 0 aromatic rings. The molecule has 2 nitrogen and oxygen atoms in total. The van der Waals surface area contributed by atoms with Crippen molar-refractivity contribution in [3.63, 3.8) is 0 Å². The van der Waals surface area contributed by atoms with Gasteiger partial charge in [-0.2, -0.15) is 0 Å². The quantitative estimate of drug-likeness (QED) is 0.594. The molecule has 3 heteroatoms. The maximum absolute atomic E-state index is 10.8. The van der Waals surface area contributed by atoms with Gasteiger partial charge in [-0.05, 0) is 0 Å². The number of hydrogen-bond acceptors (Lipinski definition) is 1. The molecule has 0 N–H and O–H groups in total. The summed E-state index contributed by atoms with van der Waals surface area (Å²) in [7, 11) is 0. The lowest BCUT2D eigenvalue weighted by molar-refractivity contribution is -0.127. The van der Waals surface area contributed by atoms with Crippen molar-refractivity contribution in [1.29, 1.82) is 0 Å². The van der Waals surface area contributed by atoms with Gasteiger partial charge < -0.3 is 4.90 Å². The molecule has 0 aliphatic carbocycles. The first-order valence-electron chi connectivity index (χ1n) is 3.27. The molecule has 11 heavy (non-hydrogen) atoms. The second-order valence-corrected chi connectivity index (χ2v) is 2.74.